The van der Waals surface area contributed by atoms with Crippen LogP contribution in [-0.2, 0) is 0 Å². The Kier molecular flexibility index (Phi) is 4.33. The fourth-order valence-electron chi connectivity index (χ4n) is 4.64. The molecule has 0 N–H and O–H groups in total. The van der Waals surface area contributed by atoms with Crippen LogP contribution in [0.5, 0.6) is 0 Å². The molecule has 2 saturated heterocycles. The molecule has 1 unspecified atom stereocenters. The summed E-state index contributed by atoms with van der Waals surface area (Å²) in [5.41, 5.74) is 1.99. The third kappa shape index (κ3) is 3.89. The summed E-state index contributed by atoms with van der Waals surface area (Å²) in [5.74, 6) is 2.01. The van der Waals surface area contributed by atoms with E-state index in [9.17, 15) is 0 Å². The molecule has 0 bridgehead atoms. The number of nitrogens with zero attached hydrogens (tertiary/aromatic N) is 2. The second-order valence-electron chi connectivity index (χ2n) is 8.25. The molecule has 0 amide bonds. The molecular formula is C20H30N2O. The Labute approximate surface area is 140 Å². The van der Waals surface area contributed by atoms with Gasteiger partial charge in [0, 0.05) is 26.2 Å². The molecule has 1 aromatic heterocycles. The summed E-state index contributed by atoms with van der Waals surface area (Å²) < 4.78 is 5.43. The number of hydrogen-bond acceptors (Lipinski definition) is 3. The van der Waals surface area contributed by atoms with Crippen LogP contribution in [0, 0.1) is 11.3 Å². The van der Waals surface area contributed by atoms with E-state index in [0.717, 1.165) is 18.2 Å². The van der Waals surface area contributed by atoms with Crippen LogP contribution in [-0.4, -0.2) is 49.1 Å². The lowest BCUT2D eigenvalue weighted by molar-refractivity contribution is 0.0902. The van der Waals surface area contributed by atoms with Crippen LogP contribution in [0.25, 0.3) is 6.08 Å². The third-order valence-corrected chi connectivity index (χ3v) is 5.88. The smallest absolute Gasteiger partial charge is 0.126 e. The van der Waals surface area contributed by atoms with Crippen LogP contribution >= 0.6 is 0 Å². The van der Waals surface area contributed by atoms with Gasteiger partial charge in [-0.05, 0) is 81.7 Å². The molecule has 1 atom stereocenters. The maximum absolute atomic E-state index is 5.43. The number of furan rings is 1. The average Bonchev–Trinajstić information content (AvgIpc) is 3.03. The standard InChI is InChI=1S/C20H30N2O/c1-17(12-19-4-2-11-23-19)13-22-10-8-20(16-22)7-3-9-21(15-20)14-18-5-6-18/h2,4,11-12,18H,3,5-10,13-16H2,1H3/b17-12+. The SMILES string of the molecule is C/C(=C\c1ccco1)CN1CCC2(CCCN(CC3CC3)C2)C1. The highest BCUT2D eigenvalue weighted by molar-refractivity contribution is 5.46. The number of likely N-dealkylation sites (tertiary alicyclic amines) is 2. The van der Waals surface area contributed by atoms with Crippen molar-refractivity contribution in [3.8, 4) is 0 Å². The molecule has 3 heterocycles. The van der Waals surface area contributed by atoms with Gasteiger partial charge in [0.1, 0.15) is 5.76 Å². The van der Waals surface area contributed by atoms with Crippen molar-refractivity contribution in [1.29, 1.82) is 0 Å². The molecule has 1 spiro atoms. The van der Waals surface area contributed by atoms with Gasteiger partial charge in [-0.1, -0.05) is 5.57 Å². The summed E-state index contributed by atoms with van der Waals surface area (Å²) in [5, 5.41) is 0. The van der Waals surface area contributed by atoms with Crippen molar-refractivity contribution in [2.24, 2.45) is 11.3 Å². The minimum absolute atomic E-state index is 0.581. The molecule has 1 aliphatic carbocycles. The Balaban J connectivity index is 1.32. The molecule has 126 valence electrons. The molecule has 0 radical (unpaired) electrons. The minimum Gasteiger partial charge on any atom is -0.465 e. The minimum atomic E-state index is 0.581. The molecule has 3 fully saturated rings. The van der Waals surface area contributed by atoms with Gasteiger partial charge in [-0.3, -0.25) is 4.90 Å². The van der Waals surface area contributed by atoms with Gasteiger partial charge in [0.2, 0.25) is 0 Å². The van der Waals surface area contributed by atoms with E-state index in [0.29, 0.717) is 5.41 Å². The Morgan fingerprint density at radius 2 is 2.13 bits per heavy atom. The summed E-state index contributed by atoms with van der Waals surface area (Å²) in [6.45, 7) is 9.94. The van der Waals surface area contributed by atoms with Gasteiger partial charge >= 0.3 is 0 Å². The second kappa shape index (κ2) is 6.45. The molecule has 2 aliphatic heterocycles. The topological polar surface area (TPSA) is 19.6 Å². The summed E-state index contributed by atoms with van der Waals surface area (Å²) >= 11 is 0. The lowest BCUT2D eigenvalue weighted by atomic mass is 9.79. The Morgan fingerprint density at radius 3 is 2.91 bits per heavy atom. The van der Waals surface area contributed by atoms with Crippen molar-refractivity contribution in [3.05, 3.63) is 29.7 Å². The first-order chi connectivity index (χ1) is 11.2. The molecule has 3 nitrogen and oxygen atoms in total. The van der Waals surface area contributed by atoms with Gasteiger partial charge in [0.05, 0.1) is 6.26 Å². The highest BCUT2D eigenvalue weighted by Gasteiger charge is 2.41. The molecule has 3 aliphatic rings. The fraction of sp³-hybridized carbons (Fsp3) is 0.700. The summed E-state index contributed by atoms with van der Waals surface area (Å²) in [6.07, 6.45) is 11.1. The highest BCUT2D eigenvalue weighted by Crippen LogP contribution is 2.40. The van der Waals surface area contributed by atoms with Crippen molar-refractivity contribution in [2.45, 2.75) is 39.0 Å². The number of rotatable bonds is 5. The normalized spacial score (nSPS) is 30.4. The maximum atomic E-state index is 5.43. The van der Waals surface area contributed by atoms with Crippen LogP contribution in [0.4, 0.5) is 0 Å². The highest BCUT2D eigenvalue weighted by atomic mass is 16.3. The van der Waals surface area contributed by atoms with Gasteiger partial charge in [-0.25, -0.2) is 0 Å². The van der Waals surface area contributed by atoms with E-state index in [-0.39, 0.29) is 0 Å². The zero-order valence-electron chi connectivity index (χ0n) is 14.5. The quantitative estimate of drug-likeness (QED) is 0.822. The lowest BCUT2D eigenvalue weighted by Gasteiger charge is -2.40. The first-order valence-corrected chi connectivity index (χ1v) is 9.36. The van der Waals surface area contributed by atoms with E-state index in [2.05, 4.69) is 22.8 Å². The van der Waals surface area contributed by atoms with Gasteiger partial charge in [-0.2, -0.15) is 0 Å². The third-order valence-electron chi connectivity index (χ3n) is 5.88. The first-order valence-electron chi connectivity index (χ1n) is 9.36. The Morgan fingerprint density at radius 1 is 1.26 bits per heavy atom. The molecule has 3 heteroatoms. The predicted molar refractivity (Wildman–Crippen MR) is 94.2 cm³/mol. The predicted octanol–water partition coefficient (Wildman–Crippen LogP) is 3.88. The lowest BCUT2D eigenvalue weighted by Crippen LogP contribution is -2.45. The monoisotopic (exact) mass is 314 g/mol. The van der Waals surface area contributed by atoms with E-state index in [1.54, 1.807) is 6.26 Å². The maximum Gasteiger partial charge on any atom is 0.126 e. The summed E-state index contributed by atoms with van der Waals surface area (Å²) in [6, 6.07) is 3.99. The summed E-state index contributed by atoms with van der Waals surface area (Å²) in [4.78, 5) is 5.44. The van der Waals surface area contributed by atoms with Crippen LogP contribution in [0.2, 0.25) is 0 Å². The van der Waals surface area contributed by atoms with Crippen LogP contribution < -0.4 is 0 Å². The van der Waals surface area contributed by atoms with Crippen LogP contribution in [0.15, 0.2) is 28.4 Å². The van der Waals surface area contributed by atoms with Crippen LogP contribution in [0.1, 0.15) is 44.8 Å². The van der Waals surface area contributed by atoms with Crippen molar-refractivity contribution in [1.82, 2.24) is 9.80 Å². The second-order valence-corrected chi connectivity index (χ2v) is 8.25. The molecule has 0 aromatic carbocycles. The van der Waals surface area contributed by atoms with E-state index in [1.165, 1.54) is 70.4 Å². The van der Waals surface area contributed by atoms with Crippen molar-refractivity contribution in [2.75, 3.05) is 39.3 Å². The van der Waals surface area contributed by atoms with Crippen molar-refractivity contribution < 1.29 is 4.42 Å². The average molecular weight is 314 g/mol. The molecule has 4 rings (SSSR count). The van der Waals surface area contributed by atoms with Gasteiger partial charge in [0.25, 0.3) is 0 Å². The zero-order chi connectivity index (χ0) is 15.7. The van der Waals surface area contributed by atoms with Gasteiger partial charge < -0.3 is 9.32 Å². The molecule has 1 saturated carbocycles. The van der Waals surface area contributed by atoms with E-state index < -0.39 is 0 Å². The number of piperidine rings is 1. The zero-order valence-corrected chi connectivity index (χ0v) is 14.5. The Hall–Kier alpha value is -1.06. The summed E-state index contributed by atoms with van der Waals surface area (Å²) in [7, 11) is 0. The van der Waals surface area contributed by atoms with Gasteiger partial charge in [-0.15, -0.1) is 0 Å². The van der Waals surface area contributed by atoms with Crippen molar-refractivity contribution >= 4 is 6.08 Å². The van der Waals surface area contributed by atoms with Crippen molar-refractivity contribution in [3.63, 3.8) is 0 Å². The Bertz CT molecular complexity index is 546. The molecular weight excluding hydrogens is 284 g/mol. The van der Waals surface area contributed by atoms with Crippen LogP contribution in [0.3, 0.4) is 0 Å². The first kappa shape index (κ1) is 15.5. The van der Waals surface area contributed by atoms with E-state index >= 15 is 0 Å². The molecule has 23 heavy (non-hydrogen) atoms. The van der Waals surface area contributed by atoms with Gasteiger partial charge in [0.15, 0.2) is 0 Å². The van der Waals surface area contributed by atoms with E-state index in [4.69, 9.17) is 4.42 Å². The molecule has 1 aromatic rings. The largest absolute Gasteiger partial charge is 0.465 e. The number of hydrogen-bond donors (Lipinski definition) is 0. The fourth-order valence-corrected chi connectivity index (χ4v) is 4.64. The van der Waals surface area contributed by atoms with E-state index in [1.807, 2.05) is 12.1 Å².